The molecule has 0 saturated carbocycles. The quantitative estimate of drug-likeness (QED) is 0.621. The number of ether oxygens (including phenoxy) is 1. The second-order valence-corrected chi connectivity index (χ2v) is 7.98. The summed E-state index contributed by atoms with van der Waals surface area (Å²) in [5.41, 5.74) is 2.16. The highest BCUT2D eigenvalue weighted by Gasteiger charge is 2.27. The number of benzene rings is 2. The fourth-order valence-electron chi connectivity index (χ4n) is 3.97. The number of hydrogen-bond acceptors (Lipinski definition) is 4. The minimum absolute atomic E-state index is 0.0418. The fraction of sp³-hybridized carbons (Fsp3) is 0.391. The van der Waals surface area contributed by atoms with Gasteiger partial charge in [0.15, 0.2) is 5.78 Å². The molecule has 1 aliphatic rings. The van der Waals surface area contributed by atoms with Crippen LogP contribution in [0, 0.1) is 11.7 Å². The molecular weight excluding hydrogens is 369 g/mol. The second-order valence-electron chi connectivity index (χ2n) is 7.98. The van der Waals surface area contributed by atoms with Gasteiger partial charge in [0.25, 0.3) is 0 Å². The van der Waals surface area contributed by atoms with Crippen LogP contribution in [0.15, 0.2) is 42.5 Å². The van der Waals surface area contributed by atoms with Gasteiger partial charge >= 0.3 is 0 Å². The molecule has 1 aromatic heterocycles. The van der Waals surface area contributed by atoms with E-state index in [-0.39, 0.29) is 23.6 Å². The van der Waals surface area contributed by atoms with E-state index in [1.807, 2.05) is 38.1 Å². The van der Waals surface area contributed by atoms with Crippen LogP contribution in [0.2, 0.25) is 0 Å². The zero-order valence-corrected chi connectivity index (χ0v) is 16.8. The Labute approximate surface area is 169 Å². The molecule has 0 aliphatic carbocycles. The largest absolute Gasteiger partial charge is 0.491 e. The van der Waals surface area contributed by atoms with E-state index >= 15 is 0 Å². The monoisotopic (exact) mass is 395 g/mol. The molecular formula is C23H26FN3O2. The maximum Gasteiger partial charge on any atom is 0.167 e. The molecule has 1 aliphatic heterocycles. The lowest BCUT2D eigenvalue weighted by molar-refractivity contribution is 0.0808. The molecule has 2 heterocycles. The van der Waals surface area contributed by atoms with Crippen molar-refractivity contribution in [1.82, 2.24) is 14.9 Å². The van der Waals surface area contributed by atoms with Crippen LogP contribution < -0.4 is 4.74 Å². The zero-order valence-electron chi connectivity index (χ0n) is 16.8. The summed E-state index contributed by atoms with van der Waals surface area (Å²) in [4.78, 5) is 23.1. The van der Waals surface area contributed by atoms with Crippen molar-refractivity contribution in [3.8, 4) is 5.75 Å². The number of H-pyrrole nitrogens is 1. The van der Waals surface area contributed by atoms with Gasteiger partial charge in [-0.15, -0.1) is 0 Å². The van der Waals surface area contributed by atoms with Crippen LogP contribution in [-0.2, 0) is 6.54 Å². The Morgan fingerprint density at radius 3 is 3.00 bits per heavy atom. The van der Waals surface area contributed by atoms with Crippen LogP contribution in [0.5, 0.6) is 5.75 Å². The number of piperidine rings is 1. The zero-order chi connectivity index (χ0) is 20.4. The van der Waals surface area contributed by atoms with E-state index < -0.39 is 0 Å². The van der Waals surface area contributed by atoms with Gasteiger partial charge in [0.1, 0.15) is 17.4 Å². The Balaban J connectivity index is 1.44. The number of aromatic amines is 1. The van der Waals surface area contributed by atoms with Gasteiger partial charge in [0.2, 0.25) is 0 Å². The highest BCUT2D eigenvalue weighted by molar-refractivity contribution is 5.98. The Kier molecular flexibility index (Phi) is 5.62. The predicted octanol–water partition coefficient (Wildman–Crippen LogP) is 4.58. The smallest absolute Gasteiger partial charge is 0.167 e. The molecule has 0 bridgehead atoms. The number of rotatable bonds is 6. The number of imidazole rings is 1. The maximum atomic E-state index is 13.4. The molecule has 29 heavy (non-hydrogen) atoms. The summed E-state index contributed by atoms with van der Waals surface area (Å²) in [6.45, 7) is 6.18. The van der Waals surface area contributed by atoms with Crippen molar-refractivity contribution in [2.45, 2.75) is 39.3 Å². The number of nitrogens with one attached hydrogen (secondary N) is 1. The topological polar surface area (TPSA) is 58.2 Å². The third kappa shape index (κ3) is 4.65. The molecule has 5 nitrogen and oxygen atoms in total. The van der Waals surface area contributed by atoms with Crippen LogP contribution in [0.1, 0.15) is 42.9 Å². The summed E-state index contributed by atoms with van der Waals surface area (Å²) in [7, 11) is 0. The van der Waals surface area contributed by atoms with Crippen molar-refractivity contribution in [3.05, 3.63) is 59.7 Å². The van der Waals surface area contributed by atoms with Gasteiger partial charge in [-0.1, -0.05) is 12.1 Å². The minimum atomic E-state index is -0.278. The second kappa shape index (κ2) is 8.33. The van der Waals surface area contributed by atoms with Gasteiger partial charge in [0, 0.05) is 18.0 Å². The van der Waals surface area contributed by atoms with Crippen molar-refractivity contribution in [3.63, 3.8) is 0 Å². The lowest BCUT2D eigenvalue weighted by Crippen LogP contribution is -2.38. The Morgan fingerprint density at radius 2 is 2.17 bits per heavy atom. The lowest BCUT2D eigenvalue weighted by Gasteiger charge is -2.31. The molecule has 0 unspecified atom stereocenters. The molecule has 152 valence electrons. The summed E-state index contributed by atoms with van der Waals surface area (Å²) in [5, 5.41) is 0. The van der Waals surface area contributed by atoms with E-state index in [0.29, 0.717) is 24.2 Å². The summed E-state index contributed by atoms with van der Waals surface area (Å²) >= 11 is 0. The number of carbonyl (C=O) groups is 1. The van der Waals surface area contributed by atoms with Gasteiger partial charge < -0.3 is 9.72 Å². The summed E-state index contributed by atoms with van der Waals surface area (Å²) in [5.74, 6) is 1.37. The van der Waals surface area contributed by atoms with Gasteiger partial charge in [-0.05, 0) is 63.6 Å². The van der Waals surface area contributed by atoms with Gasteiger partial charge in [0.05, 0.1) is 23.7 Å². The number of nitrogens with zero attached hydrogens (tertiary/aromatic N) is 2. The van der Waals surface area contributed by atoms with Crippen LogP contribution in [-0.4, -0.2) is 39.8 Å². The van der Waals surface area contributed by atoms with Gasteiger partial charge in [-0.3, -0.25) is 9.69 Å². The van der Waals surface area contributed by atoms with Crippen LogP contribution in [0.3, 0.4) is 0 Å². The minimum Gasteiger partial charge on any atom is -0.491 e. The van der Waals surface area contributed by atoms with Crippen LogP contribution in [0.25, 0.3) is 11.0 Å². The predicted molar refractivity (Wildman–Crippen MR) is 111 cm³/mol. The molecule has 6 heteroatoms. The van der Waals surface area contributed by atoms with Crippen molar-refractivity contribution < 1.29 is 13.9 Å². The first-order chi connectivity index (χ1) is 14.0. The molecule has 0 amide bonds. The SMILES string of the molecule is CC(C)Oc1cccc(C(=O)[C@@H]2CCCN(Cc3nc4ccc(F)cc4[nH]3)C2)c1. The molecule has 3 aromatic rings. The first-order valence-corrected chi connectivity index (χ1v) is 10.2. The molecule has 1 atom stereocenters. The molecule has 4 rings (SSSR count). The number of aromatic nitrogens is 2. The average Bonchev–Trinajstić information content (AvgIpc) is 3.08. The molecule has 0 radical (unpaired) electrons. The highest BCUT2D eigenvalue weighted by Crippen LogP contribution is 2.24. The fourth-order valence-corrected chi connectivity index (χ4v) is 3.97. The third-order valence-electron chi connectivity index (χ3n) is 5.23. The van der Waals surface area contributed by atoms with E-state index in [0.717, 1.165) is 36.5 Å². The van der Waals surface area contributed by atoms with Crippen molar-refractivity contribution in [2.24, 2.45) is 5.92 Å². The first-order valence-electron chi connectivity index (χ1n) is 10.2. The van der Waals surface area contributed by atoms with E-state index in [4.69, 9.17) is 4.74 Å². The van der Waals surface area contributed by atoms with Crippen LogP contribution in [0.4, 0.5) is 4.39 Å². The molecule has 2 aromatic carbocycles. The van der Waals surface area contributed by atoms with Gasteiger partial charge in [-0.2, -0.15) is 0 Å². The third-order valence-corrected chi connectivity index (χ3v) is 5.23. The molecule has 1 N–H and O–H groups in total. The number of fused-ring (bicyclic) bond motifs is 1. The van der Waals surface area contributed by atoms with Crippen molar-refractivity contribution in [1.29, 1.82) is 0 Å². The number of ketones is 1. The van der Waals surface area contributed by atoms with E-state index in [1.165, 1.54) is 12.1 Å². The Morgan fingerprint density at radius 1 is 1.31 bits per heavy atom. The van der Waals surface area contributed by atoms with E-state index in [9.17, 15) is 9.18 Å². The number of Topliss-reactive ketones (excluding diaryl/α,β-unsaturated/α-hetero) is 1. The lowest BCUT2D eigenvalue weighted by atomic mass is 9.90. The maximum absolute atomic E-state index is 13.4. The van der Waals surface area contributed by atoms with E-state index in [1.54, 1.807) is 6.07 Å². The molecule has 1 saturated heterocycles. The van der Waals surface area contributed by atoms with Crippen molar-refractivity contribution >= 4 is 16.8 Å². The van der Waals surface area contributed by atoms with Gasteiger partial charge in [-0.25, -0.2) is 9.37 Å². The van der Waals surface area contributed by atoms with Crippen LogP contribution >= 0.6 is 0 Å². The highest BCUT2D eigenvalue weighted by atomic mass is 19.1. The Hall–Kier alpha value is -2.73. The molecule has 1 fully saturated rings. The number of likely N-dealkylation sites (tertiary alicyclic amines) is 1. The summed E-state index contributed by atoms with van der Waals surface area (Å²) in [6.07, 6.45) is 1.92. The number of carbonyl (C=O) groups excluding carboxylic acids is 1. The summed E-state index contributed by atoms with van der Waals surface area (Å²) < 4.78 is 19.1. The van der Waals surface area contributed by atoms with E-state index in [2.05, 4.69) is 14.9 Å². The summed E-state index contributed by atoms with van der Waals surface area (Å²) in [6, 6.07) is 12.0. The first kappa shape index (κ1) is 19.6. The Bertz CT molecular complexity index is 1010. The molecule has 0 spiro atoms. The average molecular weight is 395 g/mol. The normalized spacial score (nSPS) is 17.7. The van der Waals surface area contributed by atoms with Crippen molar-refractivity contribution in [2.75, 3.05) is 13.1 Å². The number of halogens is 1. The standard InChI is InChI=1S/C23H26FN3O2/c1-15(2)29-19-7-3-5-16(11-19)23(28)17-6-4-10-27(13-17)14-22-25-20-9-8-18(24)12-21(20)26-22/h3,5,7-9,11-12,15,17H,4,6,10,13-14H2,1-2H3,(H,25,26)/t17-/m1/s1. The number of hydrogen-bond donors (Lipinski definition) is 1.